The topological polar surface area (TPSA) is 143 Å². The van der Waals surface area contributed by atoms with E-state index >= 15 is 0 Å². The van der Waals surface area contributed by atoms with Crippen molar-refractivity contribution in [2.75, 3.05) is 6.61 Å². The molecule has 110 valence electrons. The van der Waals surface area contributed by atoms with Gasteiger partial charge in [0.05, 0.1) is 12.0 Å². The van der Waals surface area contributed by atoms with Crippen molar-refractivity contribution >= 4 is 17.8 Å². The second kappa shape index (κ2) is 7.49. The van der Waals surface area contributed by atoms with Crippen molar-refractivity contribution in [2.24, 2.45) is 5.73 Å². The number of benzene rings is 1. The molecule has 21 heavy (non-hydrogen) atoms. The molecule has 0 aliphatic rings. The van der Waals surface area contributed by atoms with Crippen LogP contribution in [-0.4, -0.2) is 35.5 Å². The summed E-state index contributed by atoms with van der Waals surface area (Å²) in [5.41, 5.74) is 5.14. The minimum Gasteiger partial charge on any atom is -0.482 e. The predicted molar refractivity (Wildman–Crippen MR) is 70.0 cm³/mol. The molecule has 0 saturated heterocycles. The van der Waals surface area contributed by atoms with Crippen LogP contribution in [0, 0.1) is 11.3 Å². The maximum absolute atomic E-state index is 11.6. The molecule has 1 atom stereocenters. The number of primary amides is 1. The Balaban J connectivity index is 2.59. The first-order valence-electron chi connectivity index (χ1n) is 5.86. The standard InChI is InChI=1S/C13H13N3O5/c14-6-8-3-1-2-4-10(8)21-7-12(18)16-9(13(19)20)5-11(15)17/h1-4,9H,5,7H2,(H2,15,17)(H,16,18)(H,19,20). The minimum atomic E-state index is -1.41. The maximum atomic E-state index is 11.6. The molecule has 0 spiro atoms. The number of nitrogens with zero attached hydrogens (tertiary/aromatic N) is 1. The Morgan fingerprint density at radius 1 is 1.38 bits per heavy atom. The van der Waals surface area contributed by atoms with Crippen molar-refractivity contribution in [3.8, 4) is 11.8 Å². The number of nitriles is 1. The highest BCUT2D eigenvalue weighted by atomic mass is 16.5. The van der Waals surface area contributed by atoms with E-state index in [0.29, 0.717) is 0 Å². The Kier molecular flexibility index (Phi) is 5.70. The lowest BCUT2D eigenvalue weighted by Gasteiger charge is -2.13. The Hall–Kier alpha value is -3.08. The van der Waals surface area contributed by atoms with Crippen LogP contribution in [0.15, 0.2) is 24.3 Å². The van der Waals surface area contributed by atoms with E-state index in [0.717, 1.165) is 0 Å². The van der Waals surface area contributed by atoms with Crippen LogP contribution >= 0.6 is 0 Å². The van der Waals surface area contributed by atoms with Gasteiger partial charge in [-0.3, -0.25) is 9.59 Å². The Morgan fingerprint density at radius 2 is 2.05 bits per heavy atom. The summed E-state index contributed by atoms with van der Waals surface area (Å²) in [7, 11) is 0. The highest BCUT2D eigenvalue weighted by Crippen LogP contribution is 2.16. The van der Waals surface area contributed by atoms with Crippen LogP contribution in [0.2, 0.25) is 0 Å². The number of aliphatic carboxylic acids is 1. The summed E-state index contributed by atoms with van der Waals surface area (Å²) < 4.78 is 5.13. The van der Waals surface area contributed by atoms with Gasteiger partial charge in [-0.2, -0.15) is 5.26 Å². The average Bonchev–Trinajstić information content (AvgIpc) is 2.44. The number of ether oxygens (including phenoxy) is 1. The molecule has 0 fully saturated rings. The van der Waals surface area contributed by atoms with E-state index in [1.165, 1.54) is 12.1 Å². The number of carboxylic acid groups (broad SMARTS) is 1. The van der Waals surface area contributed by atoms with E-state index < -0.39 is 36.9 Å². The lowest BCUT2D eigenvalue weighted by atomic mass is 10.2. The first kappa shape index (κ1) is 16.0. The van der Waals surface area contributed by atoms with Crippen molar-refractivity contribution in [1.29, 1.82) is 5.26 Å². The summed E-state index contributed by atoms with van der Waals surface area (Å²) in [5.74, 6) is -2.76. The third kappa shape index (κ3) is 5.20. The van der Waals surface area contributed by atoms with Gasteiger partial charge in [0, 0.05) is 0 Å². The van der Waals surface area contributed by atoms with Gasteiger partial charge >= 0.3 is 5.97 Å². The van der Waals surface area contributed by atoms with E-state index in [2.05, 4.69) is 5.32 Å². The van der Waals surface area contributed by atoms with Gasteiger partial charge in [0.2, 0.25) is 5.91 Å². The number of hydrogen-bond acceptors (Lipinski definition) is 5. The molecule has 0 aliphatic carbocycles. The van der Waals surface area contributed by atoms with Crippen molar-refractivity contribution in [3.05, 3.63) is 29.8 Å². The first-order valence-corrected chi connectivity index (χ1v) is 5.86. The molecule has 8 heteroatoms. The second-order valence-corrected chi connectivity index (χ2v) is 4.03. The largest absolute Gasteiger partial charge is 0.482 e. The molecule has 1 aromatic rings. The zero-order valence-electron chi connectivity index (χ0n) is 10.9. The number of carboxylic acids is 1. The number of rotatable bonds is 7. The minimum absolute atomic E-state index is 0.205. The van der Waals surface area contributed by atoms with Crippen molar-refractivity contribution in [3.63, 3.8) is 0 Å². The number of amides is 2. The monoisotopic (exact) mass is 291 g/mol. The summed E-state index contributed by atoms with van der Waals surface area (Å²) in [4.78, 5) is 33.1. The second-order valence-electron chi connectivity index (χ2n) is 4.03. The Bertz CT molecular complexity index is 594. The van der Waals surface area contributed by atoms with Gasteiger partial charge in [-0.25, -0.2) is 4.79 Å². The summed E-state index contributed by atoms with van der Waals surface area (Å²) in [6, 6.07) is 6.76. The molecule has 1 aromatic carbocycles. The Morgan fingerprint density at radius 3 is 2.62 bits per heavy atom. The van der Waals surface area contributed by atoms with Crippen LogP contribution < -0.4 is 15.8 Å². The van der Waals surface area contributed by atoms with Crippen molar-refractivity contribution < 1.29 is 24.2 Å². The number of carbonyl (C=O) groups excluding carboxylic acids is 2. The van der Waals surface area contributed by atoms with Crippen LogP contribution in [0.5, 0.6) is 5.75 Å². The van der Waals surface area contributed by atoms with Crippen LogP contribution in [0.1, 0.15) is 12.0 Å². The number of carbonyl (C=O) groups is 3. The lowest BCUT2D eigenvalue weighted by molar-refractivity contribution is -0.143. The number of para-hydroxylation sites is 1. The molecule has 2 amide bonds. The third-order valence-corrected chi connectivity index (χ3v) is 2.40. The van der Waals surface area contributed by atoms with Crippen LogP contribution in [0.3, 0.4) is 0 Å². The zero-order chi connectivity index (χ0) is 15.8. The van der Waals surface area contributed by atoms with Gasteiger partial charge in [-0.05, 0) is 12.1 Å². The summed E-state index contributed by atoms with van der Waals surface area (Å²) >= 11 is 0. The van der Waals surface area contributed by atoms with Crippen LogP contribution in [0.25, 0.3) is 0 Å². The third-order valence-electron chi connectivity index (χ3n) is 2.40. The normalized spacial score (nSPS) is 11.0. The zero-order valence-corrected chi connectivity index (χ0v) is 10.9. The van der Waals surface area contributed by atoms with Gasteiger partial charge in [-0.15, -0.1) is 0 Å². The van der Waals surface area contributed by atoms with E-state index in [9.17, 15) is 14.4 Å². The SMILES string of the molecule is N#Cc1ccccc1OCC(=O)NC(CC(N)=O)C(=O)O. The molecular formula is C13H13N3O5. The number of nitrogens with one attached hydrogen (secondary N) is 1. The maximum Gasteiger partial charge on any atom is 0.326 e. The van der Waals surface area contributed by atoms with Gasteiger partial charge in [0.1, 0.15) is 17.9 Å². The molecule has 0 aromatic heterocycles. The summed E-state index contributed by atoms with van der Waals surface area (Å²) in [6.45, 7) is -0.485. The van der Waals surface area contributed by atoms with E-state index in [-0.39, 0.29) is 11.3 Å². The molecule has 0 saturated carbocycles. The average molecular weight is 291 g/mol. The Labute approximate surface area is 120 Å². The highest BCUT2D eigenvalue weighted by Gasteiger charge is 2.22. The highest BCUT2D eigenvalue weighted by molar-refractivity contribution is 5.88. The smallest absolute Gasteiger partial charge is 0.326 e. The van der Waals surface area contributed by atoms with Crippen molar-refractivity contribution in [1.82, 2.24) is 5.32 Å². The molecule has 0 aliphatic heterocycles. The summed E-state index contributed by atoms with van der Waals surface area (Å²) in [5, 5.41) is 19.8. The van der Waals surface area contributed by atoms with E-state index in [1.54, 1.807) is 12.1 Å². The summed E-state index contributed by atoms with van der Waals surface area (Å²) in [6.07, 6.45) is -0.518. The fourth-order valence-corrected chi connectivity index (χ4v) is 1.47. The molecular weight excluding hydrogens is 278 g/mol. The van der Waals surface area contributed by atoms with E-state index in [4.69, 9.17) is 20.8 Å². The number of hydrogen-bond donors (Lipinski definition) is 3. The van der Waals surface area contributed by atoms with Gasteiger partial charge < -0.3 is 20.9 Å². The van der Waals surface area contributed by atoms with Gasteiger partial charge in [0.15, 0.2) is 6.61 Å². The quantitative estimate of drug-likeness (QED) is 0.611. The molecule has 4 N–H and O–H groups in total. The van der Waals surface area contributed by atoms with Gasteiger partial charge in [0.25, 0.3) is 5.91 Å². The van der Waals surface area contributed by atoms with Crippen LogP contribution in [0.4, 0.5) is 0 Å². The molecule has 1 rings (SSSR count). The molecule has 0 bridgehead atoms. The van der Waals surface area contributed by atoms with Crippen LogP contribution in [-0.2, 0) is 14.4 Å². The molecule has 0 heterocycles. The fraction of sp³-hybridized carbons (Fsp3) is 0.231. The lowest BCUT2D eigenvalue weighted by Crippen LogP contribution is -2.45. The van der Waals surface area contributed by atoms with Crippen molar-refractivity contribution in [2.45, 2.75) is 12.5 Å². The molecule has 8 nitrogen and oxygen atoms in total. The number of nitrogens with two attached hydrogens (primary N) is 1. The predicted octanol–water partition coefficient (Wildman–Crippen LogP) is -0.618. The first-order chi connectivity index (χ1) is 9.93. The fourth-order valence-electron chi connectivity index (χ4n) is 1.47. The molecule has 1 unspecified atom stereocenters. The van der Waals surface area contributed by atoms with Gasteiger partial charge in [-0.1, -0.05) is 12.1 Å². The molecule has 0 radical (unpaired) electrons. The van der Waals surface area contributed by atoms with E-state index in [1.807, 2.05) is 6.07 Å².